The lowest BCUT2D eigenvalue weighted by atomic mass is 9.92. The van der Waals surface area contributed by atoms with Crippen molar-refractivity contribution in [3.63, 3.8) is 0 Å². The lowest BCUT2D eigenvalue weighted by Crippen LogP contribution is -2.68. The van der Waals surface area contributed by atoms with Crippen LogP contribution in [0.25, 0.3) is 0 Å². The second kappa shape index (κ2) is 9.68. The molecule has 4 nitrogen and oxygen atoms in total. The molecular formula is C29H33BO4Si. The van der Waals surface area contributed by atoms with E-state index in [1.54, 1.807) is 0 Å². The van der Waals surface area contributed by atoms with Gasteiger partial charge in [0.25, 0.3) is 8.32 Å². The second-order valence-electron chi connectivity index (χ2n) is 10.6. The lowest BCUT2D eigenvalue weighted by Gasteiger charge is -2.45. The fraction of sp³-hybridized carbons (Fsp3) is 0.379. The van der Waals surface area contributed by atoms with Crippen molar-refractivity contribution in [2.24, 2.45) is 0 Å². The van der Waals surface area contributed by atoms with E-state index >= 15 is 0 Å². The molecule has 2 radical (unpaired) electrons. The van der Waals surface area contributed by atoms with Crippen molar-refractivity contribution < 1.29 is 18.6 Å². The number of benzene rings is 3. The van der Waals surface area contributed by atoms with Gasteiger partial charge in [0.1, 0.15) is 25.7 Å². The van der Waals surface area contributed by atoms with Crippen molar-refractivity contribution in [3.05, 3.63) is 96.6 Å². The molecule has 35 heavy (non-hydrogen) atoms. The fourth-order valence-corrected chi connectivity index (χ4v) is 10.2. The second-order valence-corrected chi connectivity index (χ2v) is 14.9. The van der Waals surface area contributed by atoms with Crippen molar-refractivity contribution in [2.75, 3.05) is 13.2 Å². The van der Waals surface area contributed by atoms with E-state index in [4.69, 9.17) is 26.5 Å². The highest BCUT2D eigenvalue weighted by Crippen LogP contribution is 2.44. The summed E-state index contributed by atoms with van der Waals surface area (Å²) in [4.78, 5) is 0. The van der Waals surface area contributed by atoms with Gasteiger partial charge >= 0.3 is 0 Å². The highest BCUT2D eigenvalue weighted by Gasteiger charge is 2.62. The molecular weight excluding hydrogens is 451 g/mol. The third-order valence-electron chi connectivity index (χ3n) is 7.25. The minimum Gasteiger partial charge on any atom is -0.404 e. The van der Waals surface area contributed by atoms with Gasteiger partial charge in [-0.2, -0.15) is 0 Å². The van der Waals surface area contributed by atoms with E-state index in [2.05, 4.69) is 93.6 Å². The fourth-order valence-electron chi connectivity index (χ4n) is 5.57. The molecule has 2 aliphatic rings. The predicted octanol–water partition coefficient (Wildman–Crippen LogP) is 3.81. The largest absolute Gasteiger partial charge is 0.404 e. The van der Waals surface area contributed by atoms with E-state index in [9.17, 15) is 0 Å². The third kappa shape index (κ3) is 4.43. The average molecular weight is 484 g/mol. The van der Waals surface area contributed by atoms with Crippen LogP contribution >= 0.6 is 0 Å². The molecule has 5 rings (SSSR count). The summed E-state index contributed by atoms with van der Waals surface area (Å²) in [7, 11) is 3.61. The number of hydrogen-bond acceptors (Lipinski definition) is 4. The Morgan fingerprint density at radius 1 is 0.886 bits per heavy atom. The van der Waals surface area contributed by atoms with Gasteiger partial charge in [-0.25, -0.2) is 0 Å². The van der Waals surface area contributed by atoms with Crippen molar-refractivity contribution in [1.29, 1.82) is 0 Å². The zero-order chi connectivity index (χ0) is 24.5. The monoisotopic (exact) mass is 484 g/mol. The summed E-state index contributed by atoms with van der Waals surface area (Å²) >= 11 is 0. The molecule has 3 aromatic rings. The van der Waals surface area contributed by atoms with Crippen molar-refractivity contribution in [3.8, 4) is 0 Å². The molecule has 2 aliphatic heterocycles. The zero-order valence-electron chi connectivity index (χ0n) is 20.7. The van der Waals surface area contributed by atoms with Crippen LogP contribution in [0.1, 0.15) is 26.3 Å². The van der Waals surface area contributed by atoms with Crippen molar-refractivity contribution >= 4 is 26.5 Å². The highest BCUT2D eigenvalue weighted by atomic mass is 28.4. The van der Waals surface area contributed by atoms with Crippen LogP contribution in [-0.2, 0) is 25.2 Å². The number of ether oxygens (including phenoxy) is 3. The minimum atomic E-state index is -2.73. The summed E-state index contributed by atoms with van der Waals surface area (Å²) in [5.74, 6) is 0. The Bertz CT molecular complexity index is 1070. The molecule has 0 saturated carbocycles. The summed E-state index contributed by atoms with van der Waals surface area (Å²) in [6, 6.07) is 30.9. The average Bonchev–Trinajstić information content (AvgIpc) is 3.35. The quantitative estimate of drug-likeness (QED) is 0.456. The Hall–Kier alpha value is -2.22. The van der Waals surface area contributed by atoms with Gasteiger partial charge in [-0.05, 0) is 21.0 Å². The molecule has 2 bridgehead atoms. The molecule has 3 aromatic carbocycles. The van der Waals surface area contributed by atoms with Crippen LogP contribution in [0.2, 0.25) is 5.04 Å². The molecule has 2 fully saturated rings. The SMILES string of the molecule is [B][C@@H]1O[C@@]2(CO[Si](c3ccccc3)(c3ccccc3)C(C)(C)C)CO[C@H]1C2OCc1ccccc1. The number of rotatable bonds is 8. The third-order valence-corrected chi connectivity index (χ3v) is 12.2. The molecule has 1 unspecified atom stereocenters. The van der Waals surface area contributed by atoms with Gasteiger partial charge in [0.2, 0.25) is 0 Å². The Balaban J connectivity index is 1.48. The summed E-state index contributed by atoms with van der Waals surface area (Å²) in [6.45, 7) is 8.05. The minimum absolute atomic E-state index is 0.133. The molecule has 0 N–H and O–H groups in total. The van der Waals surface area contributed by atoms with E-state index in [0.29, 0.717) is 19.8 Å². The van der Waals surface area contributed by atoms with Gasteiger partial charge in [-0.1, -0.05) is 112 Å². The topological polar surface area (TPSA) is 36.9 Å². The van der Waals surface area contributed by atoms with Crippen LogP contribution in [-0.4, -0.2) is 53.2 Å². The zero-order valence-corrected chi connectivity index (χ0v) is 21.7. The van der Waals surface area contributed by atoms with Crippen molar-refractivity contribution in [2.45, 2.75) is 56.2 Å². The number of hydrogen-bond donors (Lipinski definition) is 0. The molecule has 0 aliphatic carbocycles. The Morgan fingerprint density at radius 2 is 1.43 bits per heavy atom. The molecule has 2 heterocycles. The molecule has 180 valence electrons. The Labute approximate surface area is 211 Å². The molecule has 4 atom stereocenters. The summed E-state index contributed by atoms with van der Waals surface area (Å²) < 4.78 is 26.1. The summed E-state index contributed by atoms with van der Waals surface area (Å²) in [5, 5.41) is 2.33. The first-order valence-electron chi connectivity index (χ1n) is 12.3. The highest BCUT2D eigenvalue weighted by molar-refractivity contribution is 6.99. The maximum absolute atomic E-state index is 7.20. The maximum atomic E-state index is 7.20. The van der Waals surface area contributed by atoms with Crippen LogP contribution in [0.15, 0.2) is 91.0 Å². The van der Waals surface area contributed by atoms with Gasteiger partial charge in [0, 0.05) is 6.00 Å². The Kier molecular flexibility index (Phi) is 6.77. The predicted molar refractivity (Wildman–Crippen MR) is 142 cm³/mol. The van der Waals surface area contributed by atoms with E-state index < -0.39 is 19.9 Å². The van der Waals surface area contributed by atoms with E-state index in [1.807, 2.05) is 18.2 Å². The van der Waals surface area contributed by atoms with Crippen LogP contribution < -0.4 is 10.4 Å². The number of fused-ring (bicyclic) bond motifs is 2. The van der Waals surface area contributed by atoms with Crippen LogP contribution in [0.4, 0.5) is 0 Å². The van der Waals surface area contributed by atoms with E-state index in [-0.39, 0.29) is 17.2 Å². The van der Waals surface area contributed by atoms with Crippen LogP contribution in [0.3, 0.4) is 0 Å². The first-order chi connectivity index (χ1) is 16.9. The van der Waals surface area contributed by atoms with Gasteiger partial charge in [-0.3, -0.25) is 0 Å². The summed E-state index contributed by atoms with van der Waals surface area (Å²) in [6.07, 6.45) is -0.600. The molecule has 0 aromatic heterocycles. The first-order valence-corrected chi connectivity index (χ1v) is 14.2. The lowest BCUT2D eigenvalue weighted by molar-refractivity contribution is -0.139. The van der Waals surface area contributed by atoms with Crippen LogP contribution in [0, 0.1) is 0 Å². The van der Waals surface area contributed by atoms with Gasteiger partial charge in [0.05, 0.1) is 19.8 Å². The van der Waals surface area contributed by atoms with Crippen molar-refractivity contribution in [1.82, 2.24) is 0 Å². The van der Waals surface area contributed by atoms with Gasteiger partial charge in [0.15, 0.2) is 0 Å². The van der Waals surface area contributed by atoms with Crippen LogP contribution in [0.5, 0.6) is 0 Å². The van der Waals surface area contributed by atoms with Gasteiger partial charge in [-0.15, -0.1) is 0 Å². The molecule has 0 amide bonds. The maximum Gasteiger partial charge on any atom is 0.261 e. The van der Waals surface area contributed by atoms with E-state index in [1.165, 1.54) is 10.4 Å². The smallest absolute Gasteiger partial charge is 0.261 e. The first kappa shape index (κ1) is 24.5. The van der Waals surface area contributed by atoms with Gasteiger partial charge < -0.3 is 18.6 Å². The Morgan fingerprint density at radius 3 is 1.94 bits per heavy atom. The molecule has 0 spiro atoms. The summed E-state index contributed by atoms with van der Waals surface area (Å²) in [5.41, 5.74) is 0.363. The molecule has 2 saturated heterocycles. The normalized spacial score (nSPS) is 26.2. The van der Waals surface area contributed by atoms with E-state index in [0.717, 1.165) is 5.56 Å². The standard InChI is InChI=1S/C29H33BO4Si/c1-28(2,3)35(23-15-9-5-10-16-23,24-17-11-6-12-18-24)33-21-29-20-32-25(27(30)34-29)26(29)31-19-22-13-7-4-8-14-22/h4-18,25-27H,19-21H2,1-3H3/t25-,26?,27+,29+/m0/s1. The molecule has 6 heteroatoms.